The molecule has 0 aromatic heterocycles. The fourth-order valence-electron chi connectivity index (χ4n) is 5.28. The number of halogens is 2. The second-order valence-corrected chi connectivity index (χ2v) is 8.88. The highest BCUT2D eigenvalue weighted by Gasteiger charge is 2.51. The number of carbonyl (C=O) groups is 2. The maximum atomic E-state index is 14.1. The first-order valence-corrected chi connectivity index (χ1v) is 11.2. The van der Waals surface area contributed by atoms with Crippen LogP contribution >= 0.6 is 0 Å². The van der Waals surface area contributed by atoms with Gasteiger partial charge in [-0.3, -0.25) is 9.59 Å². The number of hydrogen-bond donors (Lipinski definition) is 1. The van der Waals surface area contributed by atoms with Crippen molar-refractivity contribution in [1.82, 2.24) is 10.2 Å². The molecule has 5 rings (SSSR count). The molecule has 33 heavy (non-hydrogen) atoms. The topological polar surface area (TPSA) is 49.4 Å². The van der Waals surface area contributed by atoms with Crippen LogP contribution in [0.15, 0.2) is 72.8 Å². The van der Waals surface area contributed by atoms with Crippen molar-refractivity contribution in [2.24, 2.45) is 0 Å². The molecule has 0 radical (unpaired) electrons. The second kappa shape index (κ2) is 8.43. The van der Waals surface area contributed by atoms with Gasteiger partial charge in [-0.15, -0.1) is 0 Å². The second-order valence-electron chi connectivity index (χ2n) is 8.88. The average Bonchev–Trinajstić information content (AvgIpc) is 3.19. The standard InChI is InChI=1S/C27H24F2N2O2/c28-23-13-12-19(15-24(23)29)22-16-31(17-27(22)14-6-11-25(32)30-27)26(33)21-10-5-4-9-20(21)18-7-2-1-3-8-18/h1-5,7-10,12-13,15,22H,6,11,14,16-17H2,(H,30,32)/t22-,27+/m0/s1. The first-order valence-electron chi connectivity index (χ1n) is 11.2. The molecule has 3 aromatic carbocycles. The van der Waals surface area contributed by atoms with Gasteiger partial charge in [0.25, 0.3) is 5.91 Å². The van der Waals surface area contributed by atoms with Gasteiger partial charge in [0.2, 0.25) is 5.91 Å². The molecule has 3 aromatic rings. The molecule has 168 valence electrons. The lowest BCUT2D eigenvalue weighted by molar-refractivity contribution is -0.125. The summed E-state index contributed by atoms with van der Waals surface area (Å²) < 4.78 is 27.7. The summed E-state index contributed by atoms with van der Waals surface area (Å²) >= 11 is 0. The lowest BCUT2D eigenvalue weighted by atomic mass is 9.76. The van der Waals surface area contributed by atoms with E-state index in [1.54, 1.807) is 11.0 Å². The zero-order valence-electron chi connectivity index (χ0n) is 18.1. The minimum Gasteiger partial charge on any atom is -0.348 e. The third kappa shape index (κ3) is 3.90. The molecule has 2 aliphatic rings. The van der Waals surface area contributed by atoms with Gasteiger partial charge in [0.05, 0.1) is 5.54 Å². The molecule has 2 heterocycles. The van der Waals surface area contributed by atoms with Crippen molar-refractivity contribution in [3.63, 3.8) is 0 Å². The van der Waals surface area contributed by atoms with Crippen molar-refractivity contribution in [3.05, 3.63) is 95.6 Å². The van der Waals surface area contributed by atoms with Crippen LogP contribution in [0.1, 0.15) is 41.1 Å². The molecule has 1 spiro atoms. The quantitative estimate of drug-likeness (QED) is 0.622. The molecule has 0 saturated carbocycles. The van der Waals surface area contributed by atoms with Crippen molar-refractivity contribution < 1.29 is 18.4 Å². The Bertz CT molecular complexity index is 1210. The summed E-state index contributed by atoms with van der Waals surface area (Å²) in [4.78, 5) is 27.8. The zero-order chi connectivity index (χ0) is 23.0. The van der Waals surface area contributed by atoms with Crippen LogP contribution in [-0.4, -0.2) is 35.3 Å². The fraction of sp³-hybridized carbons (Fsp3) is 0.259. The van der Waals surface area contributed by atoms with Crippen molar-refractivity contribution in [2.75, 3.05) is 13.1 Å². The van der Waals surface area contributed by atoms with E-state index in [4.69, 9.17) is 0 Å². The minimum absolute atomic E-state index is 0.0761. The van der Waals surface area contributed by atoms with Crippen LogP contribution in [0, 0.1) is 11.6 Å². The molecule has 2 aliphatic heterocycles. The molecule has 0 aliphatic carbocycles. The van der Waals surface area contributed by atoms with E-state index in [1.807, 2.05) is 54.6 Å². The number of rotatable bonds is 3. The molecular weight excluding hydrogens is 422 g/mol. The van der Waals surface area contributed by atoms with E-state index in [9.17, 15) is 18.4 Å². The molecule has 2 fully saturated rings. The van der Waals surface area contributed by atoms with Crippen LogP contribution in [-0.2, 0) is 4.79 Å². The predicted molar refractivity (Wildman–Crippen MR) is 122 cm³/mol. The van der Waals surface area contributed by atoms with Gasteiger partial charge in [0, 0.05) is 31.0 Å². The van der Waals surface area contributed by atoms with E-state index in [0.717, 1.165) is 17.2 Å². The third-order valence-corrected chi connectivity index (χ3v) is 6.83. The van der Waals surface area contributed by atoms with Gasteiger partial charge < -0.3 is 10.2 Å². The van der Waals surface area contributed by atoms with Crippen molar-refractivity contribution >= 4 is 11.8 Å². The van der Waals surface area contributed by atoms with E-state index in [0.29, 0.717) is 43.5 Å². The third-order valence-electron chi connectivity index (χ3n) is 6.83. The van der Waals surface area contributed by atoms with Crippen LogP contribution in [0.4, 0.5) is 8.78 Å². The lowest BCUT2D eigenvalue weighted by Crippen LogP contribution is -2.56. The molecule has 2 saturated heterocycles. The fourth-order valence-corrected chi connectivity index (χ4v) is 5.28. The van der Waals surface area contributed by atoms with Crippen molar-refractivity contribution in [2.45, 2.75) is 30.7 Å². The first kappa shape index (κ1) is 21.3. The smallest absolute Gasteiger partial charge is 0.254 e. The molecule has 4 nitrogen and oxygen atoms in total. The molecular formula is C27H24F2N2O2. The van der Waals surface area contributed by atoms with Gasteiger partial charge in [-0.25, -0.2) is 8.78 Å². The Balaban J connectivity index is 1.52. The van der Waals surface area contributed by atoms with E-state index >= 15 is 0 Å². The Kier molecular flexibility index (Phi) is 5.44. The zero-order valence-corrected chi connectivity index (χ0v) is 18.1. The summed E-state index contributed by atoms with van der Waals surface area (Å²) in [7, 11) is 0. The van der Waals surface area contributed by atoms with Crippen LogP contribution in [0.2, 0.25) is 0 Å². The van der Waals surface area contributed by atoms with Crippen molar-refractivity contribution in [3.8, 4) is 11.1 Å². The molecule has 2 amide bonds. The summed E-state index contributed by atoms with van der Waals surface area (Å²) in [6, 6.07) is 21.0. The van der Waals surface area contributed by atoms with Gasteiger partial charge in [0.15, 0.2) is 11.6 Å². The molecule has 0 bridgehead atoms. The van der Waals surface area contributed by atoms with Gasteiger partial charge in [-0.05, 0) is 47.7 Å². The highest BCUT2D eigenvalue weighted by molar-refractivity contribution is 6.01. The van der Waals surface area contributed by atoms with Gasteiger partial charge >= 0.3 is 0 Å². The number of nitrogens with one attached hydrogen (secondary N) is 1. The monoisotopic (exact) mass is 446 g/mol. The van der Waals surface area contributed by atoms with Gasteiger partial charge in [0.1, 0.15) is 0 Å². The number of piperidine rings is 1. The first-order chi connectivity index (χ1) is 16.0. The molecule has 6 heteroatoms. The molecule has 0 unspecified atom stereocenters. The number of carbonyl (C=O) groups excluding carboxylic acids is 2. The Morgan fingerprint density at radius 1 is 0.970 bits per heavy atom. The van der Waals surface area contributed by atoms with E-state index in [1.165, 1.54) is 6.07 Å². The highest BCUT2D eigenvalue weighted by atomic mass is 19.2. The minimum atomic E-state index is -0.927. The summed E-state index contributed by atoms with van der Waals surface area (Å²) in [6.07, 6.45) is 1.79. The largest absolute Gasteiger partial charge is 0.348 e. The number of likely N-dealkylation sites (tertiary alicyclic amines) is 1. The van der Waals surface area contributed by atoms with E-state index in [-0.39, 0.29) is 17.7 Å². The van der Waals surface area contributed by atoms with Crippen molar-refractivity contribution in [1.29, 1.82) is 0 Å². The van der Waals surface area contributed by atoms with Crippen LogP contribution < -0.4 is 5.32 Å². The normalized spacial score (nSPS) is 22.4. The Labute approximate surface area is 191 Å². The van der Waals surface area contributed by atoms with Gasteiger partial charge in [-0.2, -0.15) is 0 Å². The summed E-state index contributed by atoms with van der Waals surface area (Å²) in [5, 5.41) is 3.11. The average molecular weight is 446 g/mol. The Hall–Kier alpha value is -3.54. The Morgan fingerprint density at radius 2 is 1.73 bits per heavy atom. The van der Waals surface area contributed by atoms with Crippen LogP contribution in [0.5, 0.6) is 0 Å². The number of nitrogens with zero attached hydrogens (tertiary/aromatic N) is 1. The number of amides is 2. The van der Waals surface area contributed by atoms with E-state index < -0.39 is 17.2 Å². The number of benzene rings is 3. The lowest BCUT2D eigenvalue weighted by Gasteiger charge is -2.39. The maximum Gasteiger partial charge on any atom is 0.254 e. The predicted octanol–water partition coefficient (Wildman–Crippen LogP) is 4.91. The van der Waals surface area contributed by atoms with Gasteiger partial charge in [-0.1, -0.05) is 54.6 Å². The highest BCUT2D eigenvalue weighted by Crippen LogP contribution is 2.42. The van der Waals surface area contributed by atoms with Crippen LogP contribution in [0.25, 0.3) is 11.1 Å². The number of hydrogen-bond acceptors (Lipinski definition) is 2. The maximum absolute atomic E-state index is 14.1. The summed E-state index contributed by atoms with van der Waals surface area (Å²) in [5.74, 6) is -2.39. The molecule has 2 atom stereocenters. The van der Waals surface area contributed by atoms with Crippen LogP contribution in [0.3, 0.4) is 0 Å². The molecule has 1 N–H and O–H groups in total. The Morgan fingerprint density at radius 3 is 2.48 bits per heavy atom. The van der Waals surface area contributed by atoms with E-state index in [2.05, 4.69) is 5.32 Å². The SMILES string of the molecule is O=C1CCC[C@]2(CN(C(=O)c3ccccc3-c3ccccc3)C[C@H]2c2ccc(F)c(F)c2)N1. The summed E-state index contributed by atoms with van der Waals surface area (Å²) in [6.45, 7) is 0.637. The summed E-state index contributed by atoms with van der Waals surface area (Å²) in [5.41, 5.74) is 2.24.